The highest BCUT2D eigenvalue weighted by atomic mass is 16.4. The molecule has 1 fully saturated rings. The van der Waals surface area contributed by atoms with E-state index in [1.54, 1.807) is 123 Å². The van der Waals surface area contributed by atoms with Crippen molar-refractivity contribution >= 4 is 115 Å². The van der Waals surface area contributed by atoms with Crippen LogP contribution in [0.2, 0.25) is 0 Å². The lowest BCUT2D eigenvalue weighted by Crippen LogP contribution is -2.60. The van der Waals surface area contributed by atoms with Crippen LogP contribution in [0.15, 0.2) is 122 Å². The topological polar surface area (TPSA) is 502 Å². The molecule has 1 aliphatic heterocycles. The van der Waals surface area contributed by atoms with Gasteiger partial charge in [0.05, 0.1) is 26.0 Å². The van der Waals surface area contributed by atoms with Gasteiger partial charge in [-0.05, 0) is 66.1 Å². The van der Waals surface area contributed by atoms with Gasteiger partial charge in [-0.1, -0.05) is 105 Å². The number of nitrogens with one attached hydrogen (secondary N) is 13. The van der Waals surface area contributed by atoms with Crippen LogP contribution in [0.1, 0.15) is 82.1 Å². The number of aliphatic carboxylic acids is 1. The van der Waals surface area contributed by atoms with Crippen molar-refractivity contribution in [3.63, 3.8) is 0 Å². The van der Waals surface area contributed by atoms with Gasteiger partial charge in [0.15, 0.2) is 0 Å². The number of amides is 13. The molecule has 103 heavy (non-hydrogen) atoms. The van der Waals surface area contributed by atoms with Gasteiger partial charge in [0, 0.05) is 90.5 Å². The first-order valence-electron chi connectivity index (χ1n) is 33.6. The number of carbonyl (C=O) groups is 14. The average Bonchev–Trinajstić information content (AvgIpc) is 1.69. The number of aromatic nitrogens is 3. The van der Waals surface area contributed by atoms with E-state index in [1.807, 2.05) is 12.1 Å². The van der Waals surface area contributed by atoms with Crippen molar-refractivity contribution in [2.24, 2.45) is 17.4 Å². The molecule has 32 heteroatoms. The van der Waals surface area contributed by atoms with Crippen molar-refractivity contribution in [2.45, 2.75) is 146 Å². The number of H-pyrrole nitrogens is 3. The van der Waals surface area contributed by atoms with Crippen LogP contribution < -0.4 is 64.6 Å². The summed E-state index contributed by atoms with van der Waals surface area (Å²) in [7, 11) is 0. The molecule has 19 N–H and O–H groups in total. The van der Waals surface area contributed by atoms with Crippen molar-refractivity contribution < 1.29 is 77.3 Å². The minimum absolute atomic E-state index is 0.0333. The second-order valence-corrected chi connectivity index (χ2v) is 25.4. The Morgan fingerprint density at radius 1 is 0.515 bits per heavy atom. The Morgan fingerprint density at radius 2 is 0.961 bits per heavy atom. The number of hydrogen-bond acceptors (Lipinski definition) is 15. The minimum Gasteiger partial charge on any atom is -0.481 e. The monoisotopic (exact) mass is 1420 g/mol. The van der Waals surface area contributed by atoms with Crippen LogP contribution >= 0.6 is 0 Å². The number of para-hydroxylation sites is 3. The summed E-state index contributed by atoms with van der Waals surface area (Å²) in [5.74, 6) is -13.7. The van der Waals surface area contributed by atoms with Gasteiger partial charge in [-0.3, -0.25) is 67.1 Å². The lowest BCUT2D eigenvalue weighted by atomic mass is 9.97. The zero-order valence-electron chi connectivity index (χ0n) is 57.1. The lowest BCUT2D eigenvalue weighted by Gasteiger charge is -2.30. The fourth-order valence-corrected chi connectivity index (χ4v) is 12.2. The van der Waals surface area contributed by atoms with Crippen molar-refractivity contribution in [3.05, 3.63) is 144 Å². The molecule has 13 amide bonds. The molecule has 11 atom stereocenters. The van der Waals surface area contributed by atoms with E-state index in [1.165, 1.54) is 11.8 Å². The van der Waals surface area contributed by atoms with Gasteiger partial charge in [0.1, 0.15) is 60.4 Å². The Bertz CT molecular complexity index is 4290. The summed E-state index contributed by atoms with van der Waals surface area (Å²) >= 11 is 0. The summed E-state index contributed by atoms with van der Waals surface area (Å²) in [5.41, 5.74) is 15.2. The predicted molar refractivity (Wildman–Crippen MR) is 374 cm³/mol. The second-order valence-electron chi connectivity index (χ2n) is 25.4. The molecule has 0 saturated carbocycles. The van der Waals surface area contributed by atoms with Gasteiger partial charge in [0.25, 0.3) is 0 Å². The second kappa shape index (κ2) is 35.9. The van der Waals surface area contributed by atoms with Gasteiger partial charge in [-0.25, -0.2) is 0 Å². The molecular weight excluding hydrogens is 1330 g/mol. The Morgan fingerprint density at radius 3 is 1.47 bits per heavy atom. The fraction of sp³-hybridized carbons (Fsp3) is 0.380. The van der Waals surface area contributed by atoms with Crippen LogP contribution in [0.4, 0.5) is 0 Å². The number of aliphatic hydroxyl groups excluding tert-OH is 1. The Balaban J connectivity index is 1.01. The summed E-state index contributed by atoms with van der Waals surface area (Å²) in [6.07, 6.45) is 3.44. The van der Waals surface area contributed by atoms with E-state index in [0.29, 0.717) is 67.8 Å². The number of aliphatic hydroxyl groups is 1. The quantitative estimate of drug-likeness (QED) is 0.0219. The third-order valence-corrected chi connectivity index (χ3v) is 17.9. The van der Waals surface area contributed by atoms with E-state index >= 15 is 9.59 Å². The molecule has 0 aliphatic carbocycles. The number of aromatic amines is 3. The highest BCUT2D eigenvalue weighted by Gasteiger charge is 2.41. The summed E-state index contributed by atoms with van der Waals surface area (Å²) in [6, 6.07) is 15.3. The first-order chi connectivity index (χ1) is 49.2. The summed E-state index contributed by atoms with van der Waals surface area (Å²) < 4.78 is 0. The van der Waals surface area contributed by atoms with E-state index in [2.05, 4.69) is 68.1 Å². The predicted octanol–water partition coefficient (Wildman–Crippen LogP) is -1.21. The number of benzene rings is 4. The van der Waals surface area contributed by atoms with E-state index < -0.39 is 175 Å². The minimum atomic E-state index is -1.73. The van der Waals surface area contributed by atoms with Crippen molar-refractivity contribution in [3.8, 4) is 0 Å². The number of carboxylic acid groups (broad SMARTS) is 1. The number of rotatable bonds is 36. The maximum Gasteiger partial charge on any atom is 0.305 e. The highest BCUT2D eigenvalue weighted by molar-refractivity contribution is 6.01. The number of primary amides is 2. The summed E-state index contributed by atoms with van der Waals surface area (Å²) in [5, 5.41) is 46.8. The van der Waals surface area contributed by atoms with Crippen molar-refractivity contribution in [1.82, 2.24) is 73.0 Å². The summed E-state index contributed by atoms with van der Waals surface area (Å²) in [4.78, 5) is 202. The lowest BCUT2D eigenvalue weighted by molar-refractivity contribution is -0.142. The van der Waals surface area contributed by atoms with Crippen LogP contribution in [-0.2, 0) is 92.8 Å². The SMILES string of the molecule is CC[C@H](C)[C@H](NC(=O)CNC(=O)[C@@H]1CCCN1C(=O)[C@H](Cc1c[nH]c2ccccc12)NC(=O)[C@H](Cc1c[nH]c2ccccc12)NC(=O)[C@H](C)NC(=O)[C@H](Cc1c[nH]c2ccccc12)NC(=O)[C@H](CC(N)=O)NC(=O)[C@H](CO)NC(C)=O)C(=O)N[C@@H](Cc1ccccc1)C(=O)N[C@@H](CC(=O)O)C(N)=O. The van der Waals surface area contributed by atoms with Crippen LogP contribution in [0, 0.1) is 5.92 Å². The molecule has 32 nitrogen and oxygen atoms in total. The van der Waals surface area contributed by atoms with E-state index in [0.717, 1.165) is 6.92 Å². The molecule has 0 radical (unpaired) electrons. The molecule has 0 bridgehead atoms. The van der Waals surface area contributed by atoms with Gasteiger partial charge >= 0.3 is 5.97 Å². The number of nitrogens with two attached hydrogens (primary N) is 2. The van der Waals surface area contributed by atoms with Crippen LogP contribution in [0.3, 0.4) is 0 Å². The first-order valence-corrected chi connectivity index (χ1v) is 33.6. The van der Waals surface area contributed by atoms with Gasteiger partial charge in [-0.15, -0.1) is 0 Å². The molecule has 4 aromatic carbocycles. The van der Waals surface area contributed by atoms with E-state index in [4.69, 9.17) is 11.5 Å². The van der Waals surface area contributed by atoms with E-state index in [9.17, 15) is 67.7 Å². The Labute approximate surface area is 590 Å². The van der Waals surface area contributed by atoms with Gasteiger partial charge in [-0.2, -0.15) is 0 Å². The van der Waals surface area contributed by atoms with Gasteiger partial charge in [0.2, 0.25) is 76.8 Å². The Hall–Kier alpha value is -12.0. The zero-order valence-corrected chi connectivity index (χ0v) is 57.1. The molecule has 0 spiro atoms. The molecule has 1 aliphatic rings. The molecule has 7 aromatic rings. The largest absolute Gasteiger partial charge is 0.481 e. The molecular formula is C71H86N16O16. The van der Waals surface area contributed by atoms with Crippen molar-refractivity contribution in [2.75, 3.05) is 19.7 Å². The maximum absolute atomic E-state index is 15.3. The van der Waals surface area contributed by atoms with Crippen LogP contribution in [-0.4, -0.2) is 193 Å². The third kappa shape index (κ3) is 20.8. The summed E-state index contributed by atoms with van der Waals surface area (Å²) in [6.45, 7) is 4.30. The van der Waals surface area contributed by atoms with E-state index in [-0.39, 0.29) is 38.6 Å². The zero-order chi connectivity index (χ0) is 74.6. The fourth-order valence-electron chi connectivity index (χ4n) is 12.2. The Kier molecular flexibility index (Phi) is 26.8. The number of likely N-dealkylation sites (tertiary alicyclic amines) is 1. The van der Waals surface area contributed by atoms with Gasteiger partial charge < -0.3 is 94.7 Å². The van der Waals surface area contributed by atoms with Crippen LogP contribution in [0.25, 0.3) is 32.7 Å². The number of carbonyl (C=O) groups excluding carboxylic acids is 13. The number of fused-ring (bicyclic) bond motifs is 3. The number of hydrogen-bond donors (Lipinski definition) is 17. The molecule has 546 valence electrons. The molecule has 4 heterocycles. The third-order valence-electron chi connectivity index (χ3n) is 17.9. The molecule has 8 rings (SSSR count). The van der Waals surface area contributed by atoms with Crippen molar-refractivity contribution in [1.29, 1.82) is 0 Å². The normalized spacial score (nSPS) is 15.6. The standard InChI is InChI=1S/C71H86N16O16/c1-5-37(2)61(70(102)84-51(26-40-16-7-6-8-17-40)65(97)80-50(62(73)94)31-60(92)93)86-59(91)35-77-69(101)57-24-15-25-87(57)71(103)55(29-43-34-76-49-23-14-11-20-46(43)49)85-66(98)53(28-42-33-75-48-22-13-10-19-45(42)48)81-63(95)38(3)78-64(96)52(27-41-32-74-47-21-12-9-18-44(41)47)82-67(99)54(30-58(72)90)83-68(100)56(36-88)79-39(4)89/h6-14,16-23,32-34,37-38,50-57,61,74-76,88H,5,15,24-31,35-36H2,1-4H3,(H2,72,90)(H2,73,94)(H,77,101)(H,78,96)(H,79,89)(H,80,97)(H,81,95)(H,82,99)(H,83,100)(H,84,102)(H,85,98)(H,86,91)(H,92,93)/t37-,38-,50-,51-,52-,53-,54-,55-,56-,57-,61-/m0/s1. The smallest absolute Gasteiger partial charge is 0.305 e. The molecule has 0 unspecified atom stereocenters. The number of carboxylic acids is 1. The molecule has 1 saturated heterocycles. The number of nitrogens with zero attached hydrogens (tertiary/aromatic N) is 1. The van der Waals surface area contributed by atoms with Crippen LogP contribution in [0.5, 0.6) is 0 Å². The average molecular weight is 1420 g/mol. The molecule has 3 aromatic heterocycles. The first kappa shape index (κ1) is 76.8. The highest BCUT2D eigenvalue weighted by Crippen LogP contribution is 2.25. The maximum atomic E-state index is 15.3.